The van der Waals surface area contributed by atoms with Crippen LogP contribution in [0, 0.1) is 0 Å². The molecule has 7 nitrogen and oxygen atoms in total. The monoisotopic (exact) mass is 394 g/mol. The highest BCUT2D eigenvalue weighted by molar-refractivity contribution is 6.02. The van der Waals surface area contributed by atoms with E-state index < -0.39 is 6.10 Å². The molecule has 29 heavy (non-hydrogen) atoms. The molecule has 0 fully saturated rings. The van der Waals surface area contributed by atoms with Gasteiger partial charge < -0.3 is 24.5 Å². The maximum absolute atomic E-state index is 12.3. The highest BCUT2D eigenvalue weighted by Gasteiger charge is 2.15. The summed E-state index contributed by atoms with van der Waals surface area (Å²) in [6.45, 7) is 2.01. The van der Waals surface area contributed by atoms with Crippen molar-refractivity contribution in [1.29, 1.82) is 0 Å². The van der Waals surface area contributed by atoms with Crippen LogP contribution >= 0.6 is 0 Å². The van der Waals surface area contributed by atoms with Gasteiger partial charge in [0.2, 0.25) is 0 Å². The number of benzene rings is 2. The summed E-state index contributed by atoms with van der Waals surface area (Å²) in [5, 5.41) is 5.55. The van der Waals surface area contributed by atoms with Gasteiger partial charge in [-0.3, -0.25) is 9.59 Å². The molecular formula is C22H22N2O5. The molecule has 1 heterocycles. The van der Waals surface area contributed by atoms with E-state index >= 15 is 0 Å². The van der Waals surface area contributed by atoms with Crippen molar-refractivity contribution < 1.29 is 23.5 Å². The van der Waals surface area contributed by atoms with Crippen LogP contribution in [0.2, 0.25) is 0 Å². The topological polar surface area (TPSA) is 89.8 Å². The van der Waals surface area contributed by atoms with Crippen molar-refractivity contribution in [3.05, 3.63) is 78.3 Å². The quantitative estimate of drug-likeness (QED) is 0.609. The van der Waals surface area contributed by atoms with Crippen LogP contribution in [-0.4, -0.2) is 25.0 Å². The molecule has 2 amide bonds. The Hall–Kier alpha value is -3.74. The normalized spacial score (nSPS) is 11.4. The molecule has 1 aromatic heterocycles. The van der Waals surface area contributed by atoms with Gasteiger partial charge in [0.25, 0.3) is 11.8 Å². The summed E-state index contributed by atoms with van der Waals surface area (Å²) in [4.78, 5) is 24.3. The molecule has 0 spiro atoms. The van der Waals surface area contributed by atoms with Gasteiger partial charge in [0.05, 0.1) is 13.4 Å². The van der Waals surface area contributed by atoms with Crippen molar-refractivity contribution in [2.24, 2.45) is 0 Å². The third-order valence-electron chi connectivity index (χ3n) is 4.18. The van der Waals surface area contributed by atoms with Gasteiger partial charge in [0.1, 0.15) is 11.5 Å². The molecule has 0 radical (unpaired) electrons. The lowest BCUT2D eigenvalue weighted by atomic mass is 10.2. The number of ether oxygens (including phenoxy) is 2. The summed E-state index contributed by atoms with van der Waals surface area (Å²) < 4.78 is 16.0. The summed E-state index contributed by atoms with van der Waals surface area (Å²) in [6, 6.07) is 17.5. The molecule has 3 aromatic rings. The van der Waals surface area contributed by atoms with E-state index in [1.165, 1.54) is 6.26 Å². The van der Waals surface area contributed by atoms with E-state index in [1.807, 2.05) is 24.3 Å². The average molecular weight is 394 g/mol. The van der Waals surface area contributed by atoms with Crippen molar-refractivity contribution in [1.82, 2.24) is 5.32 Å². The van der Waals surface area contributed by atoms with Crippen LogP contribution in [0.4, 0.5) is 5.69 Å². The number of methoxy groups -OCH3 is 1. The standard InChI is InChI=1S/C22H22N2O5/c1-15(21(25)23-14-16-6-3-4-7-19(16)27-2)29-18-11-9-17(10-12-18)24-22(26)20-8-5-13-28-20/h3-13,15H,14H2,1-2H3,(H,23,25)(H,24,26)/t15-/m1/s1. The van der Waals surface area contributed by atoms with Crippen LogP contribution in [0.25, 0.3) is 0 Å². The molecule has 3 rings (SSSR count). The Morgan fingerprint density at radius 3 is 2.48 bits per heavy atom. The Kier molecular flexibility index (Phi) is 6.52. The zero-order chi connectivity index (χ0) is 20.6. The minimum Gasteiger partial charge on any atom is -0.496 e. The van der Waals surface area contributed by atoms with Crippen molar-refractivity contribution in [3.8, 4) is 11.5 Å². The number of nitrogens with one attached hydrogen (secondary N) is 2. The van der Waals surface area contributed by atoms with E-state index in [4.69, 9.17) is 13.9 Å². The summed E-state index contributed by atoms with van der Waals surface area (Å²) in [7, 11) is 1.59. The first-order valence-corrected chi connectivity index (χ1v) is 9.08. The van der Waals surface area contributed by atoms with E-state index in [2.05, 4.69) is 10.6 Å². The predicted octanol–water partition coefficient (Wildman–Crippen LogP) is 3.62. The van der Waals surface area contributed by atoms with Gasteiger partial charge in [-0.15, -0.1) is 0 Å². The minimum absolute atomic E-state index is 0.227. The highest BCUT2D eigenvalue weighted by Crippen LogP contribution is 2.19. The Balaban J connectivity index is 1.51. The largest absolute Gasteiger partial charge is 0.496 e. The number of rotatable bonds is 8. The van der Waals surface area contributed by atoms with E-state index in [9.17, 15) is 9.59 Å². The number of hydrogen-bond donors (Lipinski definition) is 2. The second-order valence-corrected chi connectivity index (χ2v) is 6.25. The highest BCUT2D eigenvalue weighted by atomic mass is 16.5. The fourth-order valence-corrected chi connectivity index (χ4v) is 2.65. The molecule has 0 bridgehead atoms. The summed E-state index contributed by atoms with van der Waals surface area (Å²) in [6.07, 6.45) is 0.750. The molecule has 0 aliphatic heterocycles. The predicted molar refractivity (Wildman–Crippen MR) is 108 cm³/mol. The molecule has 150 valence electrons. The van der Waals surface area contributed by atoms with Crippen molar-refractivity contribution >= 4 is 17.5 Å². The first-order chi connectivity index (χ1) is 14.1. The second kappa shape index (κ2) is 9.45. The van der Waals surface area contributed by atoms with Crippen molar-refractivity contribution in [2.75, 3.05) is 12.4 Å². The lowest BCUT2D eigenvalue weighted by Gasteiger charge is -2.16. The fourth-order valence-electron chi connectivity index (χ4n) is 2.65. The summed E-state index contributed by atoms with van der Waals surface area (Å²) >= 11 is 0. The first kappa shape index (κ1) is 20.0. The Morgan fingerprint density at radius 1 is 1.03 bits per heavy atom. The van der Waals surface area contributed by atoms with Crippen LogP contribution in [0.15, 0.2) is 71.3 Å². The average Bonchev–Trinajstić information content (AvgIpc) is 3.28. The van der Waals surface area contributed by atoms with Crippen molar-refractivity contribution in [2.45, 2.75) is 19.6 Å². The van der Waals surface area contributed by atoms with Crippen LogP contribution < -0.4 is 20.1 Å². The molecule has 0 aliphatic carbocycles. The maximum Gasteiger partial charge on any atom is 0.291 e. The van der Waals surface area contributed by atoms with Crippen LogP contribution in [0.1, 0.15) is 23.0 Å². The molecule has 1 atom stereocenters. The van der Waals surface area contributed by atoms with Gasteiger partial charge >= 0.3 is 0 Å². The maximum atomic E-state index is 12.3. The lowest BCUT2D eigenvalue weighted by Crippen LogP contribution is -2.35. The Morgan fingerprint density at radius 2 is 1.79 bits per heavy atom. The smallest absolute Gasteiger partial charge is 0.291 e. The number of carbonyl (C=O) groups excluding carboxylic acids is 2. The fraction of sp³-hybridized carbons (Fsp3) is 0.182. The Labute approximate surface area is 168 Å². The first-order valence-electron chi connectivity index (χ1n) is 9.08. The van der Waals surface area contributed by atoms with Crippen molar-refractivity contribution in [3.63, 3.8) is 0 Å². The molecule has 0 saturated heterocycles. The molecule has 0 aliphatic rings. The summed E-state index contributed by atoms with van der Waals surface area (Å²) in [5.74, 6) is 0.874. The molecule has 0 unspecified atom stereocenters. The SMILES string of the molecule is COc1ccccc1CNC(=O)[C@@H](C)Oc1ccc(NC(=O)c2ccco2)cc1. The van der Waals surface area contributed by atoms with E-state index in [0.717, 1.165) is 5.56 Å². The molecule has 0 saturated carbocycles. The van der Waals surface area contributed by atoms with E-state index in [0.29, 0.717) is 23.7 Å². The number of hydrogen-bond acceptors (Lipinski definition) is 5. The molecule has 7 heteroatoms. The van der Waals surface area contributed by atoms with Gasteiger partial charge in [-0.2, -0.15) is 0 Å². The zero-order valence-electron chi connectivity index (χ0n) is 16.2. The molecular weight excluding hydrogens is 372 g/mol. The van der Waals surface area contributed by atoms with E-state index in [1.54, 1.807) is 50.4 Å². The van der Waals surface area contributed by atoms with Gasteiger partial charge in [-0.1, -0.05) is 18.2 Å². The number of para-hydroxylation sites is 1. The third kappa shape index (κ3) is 5.38. The lowest BCUT2D eigenvalue weighted by molar-refractivity contribution is -0.127. The van der Waals surface area contributed by atoms with Gasteiger partial charge in [0.15, 0.2) is 11.9 Å². The number of furan rings is 1. The second-order valence-electron chi connectivity index (χ2n) is 6.25. The van der Waals surface area contributed by atoms with Crippen LogP contribution in [-0.2, 0) is 11.3 Å². The molecule has 2 aromatic carbocycles. The van der Waals surface area contributed by atoms with Gasteiger partial charge in [-0.05, 0) is 49.4 Å². The molecule has 2 N–H and O–H groups in total. The Bertz CT molecular complexity index is 952. The number of amides is 2. The minimum atomic E-state index is -0.687. The van der Waals surface area contributed by atoms with Gasteiger partial charge in [0, 0.05) is 17.8 Å². The third-order valence-corrected chi connectivity index (χ3v) is 4.18. The van der Waals surface area contributed by atoms with E-state index in [-0.39, 0.29) is 17.6 Å². The van der Waals surface area contributed by atoms with Crippen LogP contribution in [0.3, 0.4) is 0 Å². The van der Waals surface area contributed by atoms with Crippen LogP contribution in [0.5, 0.6) is 11.5 Å². The number of anilines is 1. The zero-order valence-corrected chi connectivity index (χ0v) is 16.2. The summed E-state index contributed by atoms with van der Waals surface area (Å²) in [5.41, 5.74) is 1.47. The number of carbonyl (C=O) groups is 2. The van der Waals surface area contributed by atoms with Gasteiger partial charge in [-0.25, -0.2) is 0 Å².